The van der Waals surface area contributed by atoms with Crippen LogP contribution >= 0.6 is 0 Å². The van der Waals surface area contributed by atoms with E-state index in [1.54, 1.807) is 19.2 Å². The van der Waals surface area contributed by atoms with Gasteiger partial charge in [0.05, 0.1) is 25.4 Å². The number of benzene rings is 2. The van der Waals surface area contributed by atoms with E-state index >= 15 is 0 Å². The molecule has 0 atom stereocenters. The number of anilines is 1. The molecule has 1 saturated heterocycles. The number of hydrazone groups is 1. The summed E-state index contributed by atoms with van der Waals surface area (Å²) in [5.74, 6) is 0.254. The Morgan fingerprint density at radius 3 is 2.63 bits per heavy atom. The fourth-order valence-electron chi connectivity index (χ4n) is 3.16. The van der Waals surface area contributed by atoms with Crippen molar-refractivity contribution in [2.24, 2.45) is 5.10 Å². The first-order chi connectivity index (χ1) is 13.1. The summed E-state index contributed by atoms with van der Waals surface area (Å²) in [6.45, 7) is 3.70. The van der Waals surface area contributed by atoms with Gasteiger partial charge in [-0.2, -0.15) is 5.10 Å². The Labute approximate surface area is 158 Å². The Morgan fingerprint density at radius 1 is 1.26 bits per heavy atom. The Balaban J connectivity index is 1.60. The fourth-order valence-corrected chi connectivity index (χ4v) is 3.16. The van der Waals surface area contributed by atoms with Crippen molar-refractivity contribution < 1.29 is 13.9 Å². The maximum Gasteiger partial charge on any atom is 0.244 e. The third-order valence-electron chi connectivity index (χ3n) is 4.70. The van der Waals surface area contributed by atoms with Crippen LogP contribution in [0, 0.1) is 12.7 Å². The van der Waals surface area contributed by atoms with Gasteiger partial charge in [0, 0.05) is 18.7 Å². The van der Waals surface area contributed by atoms with E-state index in [9.17, 15) is 9.18 Å². The van der Waals surface area contributed by atoms with Crippen molar-refractivity contribution in [1.29, 1.82) is 0 Å². The molecule has 2 aromatic rings. The van der Waals surface area contributed by atoms with E-state index in [1.807, 2.05) is 25.1 Å². The molecule has 0 unspecified atom stereocenters. The van der Waals surface area contributed by atoms with Gasteiger partial charge in [0.1, 0.15) is 11.6 Å². The average Bonchev–Trinajstić information content (AvgIpc) is 3.19. The van der Waals surface area contributed by atoms with E-state index < -0.39 is 0 Å². The van der Waals surface area contributed by atoms with Crippen LogP contribution in [0.5, 0.6) is 5.75 Å². The Kier molecular flexibility index (Phi) is 6.06. The minimum absolute atomic E-state index is 0.211. The highest BCUT2D eigenvalue weighted by atomic mass is 19.1. The number of halogens is 1. The van der Waals surface area contributed by atoms with Crippen LogP contribution in [0.1, 0.15) is 29.5 Å². The quantitative estimate of drug-likeness (QED) is 0.627. The first-order valence-electron chi connectivity index (χ1n) is 9.07. The summed E-state index contributed by atoms with van der Waals surface area (Å²) in [6.07, 6.45) is 3.89. The molecule has 0 aromatic heterocycles. The van der Waals surface area contributed by atoms with Gasteiger partial charge < -0.3 is 9.64 Å². The molecule has 0 radical (unpaired) electrons. The monoisotopic (exact) mass is 369 g/mol. The van der Waals surface area contributed by atoms with Crippen molar-refractivity contribution in [1.82, 2.24) is 5.43 Å². The fraction of sp³-hybridized carbons (Fsp3) is 0.333. The standard InChI is InChI=1S/C21H24FN3O2/c1-15-11-20(25-9-3-4-10-25)19(22)13-17(15)14-23-24-21(26)12-16-5-7-18(27-2)8-6-16/h5-8,11,13-14H,3-4,9-10,12H2,1-2H3,(H,24,26). The van der Waals surface area contributed by atoms with Crippen LogP contribution in [-0.2, 0) is 11.2 Å². The maximum atomic E-state index is 14.4. The number of aryl methyl sites for hydroxylation is 1. The second-order valence-corrected chi connectivity index (χ2v) is 6.67. The zero-order chi connectivity index (χ0) is 19.2. The van der Waals surface area contributed by atoms with Gasteiger partial charge in [0.2, 0.25) is 5.91 Å². The number of nitrogens with zero attached hydrogens (tertiary/aromatic N) is 2. The zero-order valence-corrected chi connectivity index (χ0v) is 15.7. The summed E-state index contributed by atoms with van der Waals surface area (Å²) < 4.78 is 19.5. The zero-order valence-electron chi connectivity index (χ0n) is 15.7. The first kappa shape index (κ1) is 18.9. The van der Waals surface area contributed by atoms with Crippen molar-refractivity contribution in [3.8, 4) is 5.75 Å². The van der Waals surface area contributed by atoms with Gasteiger partial charge in [-0.05, 0) is 55.2 Å². The molecule has 5 nitrogen and oxygen atoms in total. The number of hydrogen-bond donors (Lipinski definition) is 1. The second-order valence-electron chi connectivity index (χ2n) is 6.67. The number of nitrogens with one attached hydrogen (secondary N) is 1. The number of carbonyl (C=O) groups excluding carboxylic acids is 1. The molecule has 0 bridgehead atoms. The van der Waals surface area contributed by atoms with E-state index in [1.165, 1.54) is 12.3 Å². The van der Waals surface area contributed by atoms with E-state index in [0.29, 0.717) is 11.3 Å². The minimum Gasteiger partial charge on any atom is -0.497 e. The summed E-state index contributed by atoms with van der Waals surface area (Å²) in [5.41, 5.74) is 5.57. The predicted molar refractivity (Wildman–Crippen MR) is 105 cm³/mol. The van der Waals surface area contributed by atoms with Crippen LogP contribution in [0.15, 0.2) is 41.5 Å². The highest BCUT2D eigenvalue weighted by molar-refractivity contribution is 5.85. The van der Waals surface area contributed by atoms with Crippen LogP contribution in [0.4, 0.5) is 10.1 Å². The van der Waals surface area contributed by atoms with Gasteiger partial charge in [-0.3, -0.25) is 4.79 Å². The van der Waals surface area contributed by atoms with E-state index in [0.717, 1.165) is 42.8 Å². The minimum atomic E-state index is -0.256. The number of hydrogen-bond acceptors (Lipinski definition) is 4. The van der Waals surface area contributed by atoms with Gasteiger partial charge in [-0.1, -0.05) is 12.1 Å². The van der Waals surface area contributed by atoms with Crippen molar-refractivity contribution in [3.63, 3.8) is 0 Å². The molecule has 142 valence electrons. The molecule has 1 aliphatic heterocycles. The SMILES string of the molecule is COc1ccc(CC(=O)NN=Cc2cc(F)c(N3CCCC3)cc2C)cc1. The number of methoxy groups -OCH3 is 1. The summed E-state index contributed by atoms with van der Waals surface area (Å²) >= 11 is 0. The summed E-state index contributed by atoms with van der Waals surface area (Å²) in [5, 5.41) is 3.97. The average molecular weight is 369 g/mol. The Bertz CT molecular complexity index is 828. The normalized spacial score (nSPS) is 14.0. The van der Waals surface area contributed by atoms with E-state index in [4.69, 9.17) is 4.74 Å². The number of rotatable bonds is 6. The number of ether oxygens (including phenoxy) is 1. The lowest BCUT2D eigenvalue weighted by atomic mass is 10.1. The summed E-state index contributed by atoms with van der Waals surface area (Å²) in [4.78, 5) is 14.1. The van der Waals surface area contributed by atoms with Gasteiger partial charge in [-0.15, -0.1) is 0 Å². The summed E-state index contributed by atoms with van der Waals surface area (Å²) in [6, 6.07) is 10.6. The lowest BCUT2D eigenvalue weighted by Crippen LogP contribution is -2.20. The van der Waals surface area contributed by atoms with Crippen LogP contribution in [0.3, 0.4) is 0 Å². The third-order valence-corrected chi connectivity index (χ3v) is 4.70. The van der Waals surface area contributed by atoms with Crippen molar-refractivity contribution in [2.45, 2.75) is 26.2 Å². The van der Waals surface area contributed by atoms with Crippen molar-refractivity contribution in [2.75, 3.05) is 25.1 Å². The summed E-state index contributed by atoms with van der Waals surface area (Å²) in [7, 11) is 1.60. The molecule has 0 aliphatic carbocycles. The molecule has 1 amide bonds. The molecule has 1 N–H and O–H groups in total. The lowest BCUT2D eigenvalue weighted by molar-refractivity contribution is -0.120. The third kappa shape index (κ3) is 4.84. The molecule has 3 rings (SSSR count). The van der Waals surface area contributed by atoms with Gasteiger partial charge in [0.15, 0.2) is 0 Å². The molecule has 1 fully saturated rings. The van der Waals surface area contributed by atoms with E-state index in [-0.39, 0.29) is 18.1 Å². The molecule has 27 heavy (non-hydrogen) atoms. The highest BCUT2D eigenvalue weighted by Crippen LogP contribution is 2.26. The van der Waals surface area contributed by atoms with Gasteiger partial charge >= 0.3 is 0 Å². The van der Waals surface area contributed by atoms with Gasteiger partial charge in [0.25, 0.3) is 0 Å². The molecular weight excluding hydrogens is 345 g/mol. The predicted octanol–water partition coefficient (Wildman–Crippen LogP) is 3.44. The topological polar surface area (TPSA) is 53.9 Å². The number of carbonyl (C=O) groups is 1. The van der Waals surface area contributed by atoms with E-state index in [2.05, 4.69) is 15.4 Å². The van der Waals surface area contributed by atoms with Crippen LogP contribution in [0.2, 0.25) is 0 Å². The van der Waals surface area contributed by atoms with Crippen LogP contribution in [-0.4, -0.2) is 32.3 Å². The molecular formula is C21H24FN3O2. The van der Waals surface area contributed by atoms with Crippen molar-refractivity contribution >= 4 is 17.8 Å². The molecule has 2 aromatic carbocycles. The first-order valence-corrected chi connectivity index (χ1v) is 9.07. The van der Waals surface area contributed by atoms with Crippen LogP contribution < -0.4 is 15.1 Å². The maximum absolute atomic E-state index is 14.4. The largest absolute Gasteiger partial charge is 0.497 e. The molecule has 0 spiro atoms. The second kappa shape index (κ2) is 8.66. The number of amides is 1. The smallest absolute Gasteiger partial charge is 0.244 e. The lowest BCUT2D eigenvalue weighted by Gasteiger charge is -2.19. The molecule has 6 heteroatoms. The molecule has 1 aliphatic rings. The molecule has 1 heterocycles. The Hall–Kier alpha value is -2.89. The van der Waals surface area contributed by atoms with Crippen LogP contribution in [0.25, 0.3) is 0 Å². The van der Waals surface area contributed by atoms with Crippen molar-refractivity contribution in [3.05, 3.63) is 58.9 Å². The van der Waals surface area contributed by atoms with Gasteiger partial charge in [-0.25, -0.2) is 9.82 Å². The molecule has 0 saturated carbocycles. The highest BCUT2D eigenvalue weighted by Gasteiger charge is 2.17. The Morgan fingerprint density at radius 2 is 1.96 bits per heavy atom.